The summed E-state index contributed by atoms with van der Waals surface area (Å²) in [5, 5.41) is 2.69. The molecule has 0 bridgehead atoms. The highest BCUT2D eigenvalue weighted by atomic mass is 16.2. The lowest BCUT2D eigenvalue weighted by molar-refractivity contribution is -0.125. The second-order valence-electron chi connectivity index (χ2n) is 4.54. The van der Waals surface area contributed by atoms with Gasteiger partial charge in [0.25, 0.3) is 0 Å². The van der Waals surface area contributed by atoms with E-state index < -0.39 is 0 Å². The van der Waals surface area contributed by atoms with Crippen molar-refractivity contribution in [3.63, 3.8) is 0 Å². The first kappa shape index (κ1) is 11.9. The predicted octanol–water partition coefficient (Wildman–Crippen LogP) is 0.761. The third-order valence-electron chi connectivity index (χ3n) is 3.45. The molecule has 0 radical (unpaired) electrons. The van der Waals surface area contributed by atoms with Crippen LogP contribution < -0.4 is 11.1 Å². The van der Waals surface area contributed by atoms with Crippen molar-refractivity contribution in [3.8, 4) is 0 Å². The number of fused-ring (bicyclic) bond motifs is 1. The molecule has 1 aromatic carbocycles. The van der Waals surface area contributed by atoms with Gasteiger partial charge < -0.3 is 11.1 Å². The second-order valence-corrected chi connectivity index (χ2v) is 4.54. The van der Waals surface area contributed by atoms with Crippen molar-refractivity contribution in [3.05, 3.63) is 29.3 Å². The van der Waals surface area contributed by atoms with E-state index >= 15 is 0 Å². The summed E-state index contributed by atoms with van der Waals surface area (Å²) in [5.41, 5.74) is 9.17. The van der Waals surface area contributed by atoms with Gasteiger partial charge in [-0.1, -0.05) is 6.07 Å². The van der Waals surface area contributed by atoms with Crippen LogP contribution >= 0.6 is 0 Å². The van der Waals surface area contributed by atoms with Gasteiger partial charge in [-0.3, -0.25) is 9.69 Å². The molecule has 4 heteroatoms. The van der Waals surface area contributed by atoms with E-state index in [0.717, 1.165) is 25.2 Å². The van der Waals surface area contributed by atoms with Gasteiger partial charge >= 0.3 is 0 Å². The Bertz CT molecular complexity index is 431. The van der Waals surface area contributed by atoms with E-state index in [0.29, 0.717) is 0 Å². The molecule has 4 nitrogen and oxygen atoms in total. The van der Waals surface area contributed by atoms with E-state index in [-0.39, 0.29) is 11.9 Å². The van der Waals surface area contributed by atoms with E-state index in [1.807, 2.05) is 19.1 Å². The molecular weight excluding hydrogens is 214 g/mol. The predicted molar refractivity (Wildman–Crippen MR) is 68.5 cm³/mol. The molecule has 1 aromatic rings. The number of carbonyl (C=O) groups is 1. The fourth-order valence-corrected chi connectivity index (χ4v) is 2.30. The SMILES string of the molecule is CNC(=O)C(C)N1CCc2ccc(N)cc2C1. The minimum Gasteiger partial charge on any atom is -0.399 e. The Morgan fingerprint density at radius 2 is 2.24 bits per heavy atom. The zero-order valence-corrected chi connectivity index (χ0v) is 10.4. The van der Waals surface area contributed by atoms with Crippen LogP contribution in [0, 0.1) is 0 Å². The number of hydrogen-bond acceptors (Lipinski definition) is 3. The van der Waals surface area contributed by atoms with Crippen molar-refractivity contribution in [2.45, 2.75) is 25.9 Å². The molecule has 0 spiro atoms. The maximum Gasteiger partial charge on any atom is 0.236 e. The van der Waals surface area contributed by atoms with Gasteiger partial charge in [0.05, 0.1) is 6.04 Å². The molecule has 2 rings (SSSR count). The third kappa shape index (κ3) is 2.42. The number of benzene rings is 1. The molecule has 0 saturated heterocycles. The summed E-state index contributed by atoms with van der Waals surface area (Å²) < 4.78 is 0. The monoisotopic (exact) mass is 233 g/mol. The Morgan fingerprint density at radius 3 is 2.94 bits per heavy atom. The smallest absolute Gasteiger partial charge is 0.236 e. The highest BCUT2D eigenvalue weighted by Gasteiger charge is 2.24. The number of likely N-dealkylation sites (N-methyl/N-ethyl adjacent to an activating group) is 1. The van der Waals surface area contributed by atoms with E-state index in [1.165, 1.54) is 11.1 Å². The molecule has 3 N–H and O–H groups in total. The highest BCUT2D eigenvalue weighted by molar-refractivity contribution is 5.81. The number of hydrogen-bond donors (Lipinski definition) is 2. The molecule has 92 valence electrons. The van der Waals surface area contributed by atoms with Crippen LogP contribution in [0.2, 0.25) is 0 Å². The van der Waals surface area contributed by atoms with Gasteiger partial charge in [-0.25, -0.2) is 0 Å². The van der Waals surface area contributed by atoms with Crippen LogP contribution in [0.15, 0.2) is 18.2 Å². The average molecular weight is 233 g/mol. The summed E-state index contributed by atoms with van der Waals surface area (Å²) in [6, 6.07) is 5.95. The summed E-state index contributed by atoms with van der Waals surface area (Å²) in [7, 11) is 1.68. The highest BCUT2D eigenvalue weighted by Crippen LogP contribution is 2.22. The van der Waals surface area contributed by atoms with E-state index in [1.54, 1.807) is 7.05 Å². The molecule has 1 aliphatic rings. The normalized spacial score (nSPS) is 17.3. The molecule has 0 saturated carbocycles. The van der Waals surface area contributed by atoms with Crippen LogP contribution in [0.3, 0.4) is 0 Å². The number of anilines is 1. The number of rotatable bonds is 2. The number of nitrogens with two attached hydrogens (primary N) is 1. The summed E-state index contributed by atoms with van der Waals surface area (Å²) in [4.78, 5) is 13.8. The van der Waals surface area contributed by atoms with Crippen LogP contribution in [-0.4, -0.2) is 30.4 Å². The fraction of sp³-hybridized carbons (Fsp3) is 0.462. The Balaban J connectivity index is 2.15. The molecule has 1 atom stereocenters. The zero-order valence-electron chi connectivity index (χ0n) is 10.4. The fourth-order valence-electron chi connectivity index (χ4n) is 2.30. The molecular formula is C13H19N3O. The maximum absolute atomic E-state index is 11.6. The molecule has 1 amide bonds. The minimum absolute atomic E-state index is 0.0670. The lowest BCUT2D eigenvalue weighted by Gasteiger charge is -2.32. The number of amides is 1. The van der Waals surface area contributed by atoms with Crippen molar-refractivity contribution in [1.29, 1.82) is 0 Å². The minimum atomic E-state index is -0.0884. The summed E-state index contributed by atoms with van der Waals surface area (Å²) in [6.45, 7) is 3.66. The largest absolute Gasteiger partial charge is 0.399 e. The van der Waals surface area contributed by atoms with Crippen molar-refractivity contribution in [1.82, 2.24) is 10.2 Å². The second kappa shape index (κ2) is 4.75. The molecule has 0 aromatic heterocycles. The van der Waals surface area contributed by atoms with E-state index in [4.69, 9.17) is 5.73 Å². The van der Waals surface area contributed by atoms with Crippen molar-refractivity contribution in [2.75, 3.05) is 19.3 Å². The first-order chi connectivity index (χ1) is 8.11. The number of nitrogens with zero attached hydrogens (tertiary/aromatic N) is 1. The molecule has 1 unspecified atom stereocenters. The van der Waals surface area contributed by atoms with Crippen LogP contribution in [0.1, 0.15) is 18.1 Å². The summed E-state index contributed by atoms with van der Waals surface area (Å²) in [6.07, 6.45) is 0.983. The number of nitrogens with one attached hydrogen (secondary N) is 1. The van der Waals surface area contributed by atoms with Gasteiger partial charge in [0.15, 0.2) is 0 Å². The van der Waals surface area contributed by atoms with Crippen LogP contribution in [0.4, 0.5) is 5.69 Å². The average Bonchev–Trinajstić information content (AvgIpc) is 2.36. The maximum atomic E-state index is 11.6. The van der Waals surface area contributed by atoms with Gasteiger partial charge in [0.1, 0.15) is 0 Å². The van der Waals surface area contributed by atoms with Crippen molar-refractivity contribution in [2.24, 2.45) is 0 Å². The van der Waals surface area contributed by atoms with Crippen molar-refractivity contribution < 1.29 is 4.79 Å². The van der Waals surface area contributed by atoms with E-state index in [2.05, 4.69) is 16.3 Å². The lowest BCUT2D eigenvalue weighted by atomic mass is 9.98. The van der Waals surface area contributed by atoms with Gasteiger partial charge in [-0.15, -0.1) is 0 Å². The molecule has 17 heavy (non-hydrogen) atoms. The quantitative estimate of drug-likeness (QED) is 0.742. The van der Waals surface area contributed by atoms with Crippen molar-refractivity contribution >= 4 is 11.6 Å². The number of carbonyl (C=O) groups excluding carboxylic acids is 1. The van der Waals surface area contributed by atoms with Crippen LogP contribution in [-0.2, 0) is 17.8 Å². The lowest BCUT2D eigenvalue weighted by Crippen LogP contribution is -2.46. The molecule has 1 heterocycles. The molecule has 0 fully saturated rings. The van der Waals surface area contributed by atoms with E-state index in [9.17, 15) is 4.79 Å². The topological polar surface area (TPSA) is 58.4 Å². The summed E-state index contributed by atoms with van der Waals surface area (Å²) in [5.74, 6) is 0.0670. The first-order valence-electron chi connectivity index (χ1n) is 5.94. The zero-order chi connectivity index (χ0) is 12.4. The van der Waals surface area contributed by atoms with Gasteiger partial charge in [-0.05, 0) is 36.6 Å². The Labute approximate surface area is 102 Å². The third-order valence-corrected chi connectivity index (χ3v) is 3.45. The Hall–Kier alpha value is -1.55. The first-order valence-corrected chi connectivity index (χ1v) is 5.94. The van der Waals surface area contributed by atoms with Gasteiger partial charge in [-0.2, -0.15) is 0 Å². The summed E-state index contributed by atoms with van der Waals surface area (Å²) >= 11 is 0. The molecule has 0 aliphatic carbocycles. The Morgan fingerprint density at radius 1 is 1.47 bits per heavy atom. The van der Waals surface area contributed by atoms with Gasteiger partial charge in [0, 0.05) is 25.8 Å². The standard InChI is InChI=1S/C13H19N3O/c1-9(13(17)15-2)16-6-5-10-3-4-12(14)7-11(10)8-16/h3-4,7,9H,5-6,8,14H2,1-2H3,(H,15,17). The molecule has 1 aliphatic heterocycles. The Kier molecular flexibility index (Phi) is 3.33. The van der Waals surface area contributed by atoms with Gasteiger partial charge in [0.2, 0.25) is 5.91 Å². The van der Waals surface area contributed by atoms with Crippen LogP contribution in [0.25, 0.3) is 0 Å². The van der Waals surface area contributed by atoms with Crippen LogP contribution in [0.5, 0.6) is 0 Å². The number of nitrogen functional groups attached to an aromatic ring is 1.